The lowest BCUT2D eigenvalue weighted by atomic mass is 9.89. The molecule has 0 radical (unpaired) electrons. The molecular weight excluding hydrogens is 256 g/mol. The number of Topliss-reactive ketones (excluding diaryl/α,β-unsaturated/α-hetero) is 2. The fraction of sp³-hybridized carbons (Fsp3) is 0.750. The molecule has 0 amide bonds. The molecule has 0 aromatic carbocycles. The van der Waals surface area contributed by atoms with Crippen molar-refractivity contribution in [1.29, 1.82) is 0 Å². The SMILES string of the molecule is CCCCC[C@H](O)/C=C/[C@H]1[C@H](O)CC(=O)[C@@H]1CC(C)=O. The Morgan fingerprint density at radius 3 is 2.75 bits per heavy atom. The van der Waals surface area contributed by atoms with E-state index in [0.29, 0.717) is 6.42 Å². The molecule has 1 saturated carbocycles. The first-order valence-corrected chi connectivity index (χ1v) is 7.52. The molecule has 0 saturated heterocycles. The maximum Gasteiger partial charge on any atom is 0.139 e. The van der Waals surface area contributed by atoms with Gasteiger partial charge in [0.15, 0.2) is 0 Å². The molecule has 0 bridgehead atoms. The van der Waals surface area contributed by atoms with Crippen LogP contribution in [0.15, 0.2) is 12.2 Å². The second-order valence-electron chi connectivity index (χ2n) is 5.78. The van der Waals surface area contributed by atoms with E-state index in [1.165, 1.54) is 6.92 Å². The highest BCUT2D eigenvalue weighted by atomic mass is 16.3. The van der Waals surface area contributed by atoms with Crippen molar-refractivity contribution in [3.05, 3.63) is 12.2 Å². The van der Waals surface area contributed by atoms with Gasteiger partial charge in [-0.2, -0.15) is 0 Å². The maximum atomic E-state index is 11.8. The number of carbonyl (C=O) groups excluding carboxylic acids is 2. The summed E-state index contributed by atoms with van der Waals surface area (Å²) in [4.78, 5) is 23.0. The standard InChI is InChI=1S/C16H26O4/c1-3-4-5-6-12(18)7-8-13-14(9-11(2)17)16(20)10-15(13)19/h7-8,12-15,18-19H,3-6,9-10H2,1-2H3/b8-7+/t12-,13+,14+,15+/m0/s1. The van der Waals surface area contributed by atoms with Gasteiger partial charge in [-0.1, -0.05) is 38.3 Å². The highest BCUT2D eigenvalue weighted by molar-refractivity contribution is 5.89. The average Bonchev–Trinajstić information content (AvgIpc) is 2.62. The fourth-order valence-corrected chi connectivity index (χ4v) is 2.75. The predicted octanol–water partition coefficient (Wildman–Crippen LogP) is 2.03. The maximum absolute atomic E-state index is 11.8. The summed E-state index contributed by atoms with van der Waals surface area (Å²) in [6.45, 7) is 3.56. The van der Waals surface area contributed by atoms with Crippen LogP contribution in [0, 0.1) is 11.8 Å². The summed E-state index contributed by atoms with van der Waals surface area (Å²) in [6.07, 6.45) is 6.25. The van der Waals surface area contributed by atoms with E-state index < -0.39 is 18.1 Å². The normalized spacial score (nSPS) is 28.2. The number of hydrogen-bond acceptors (Lipinski definition) is 4. The Hall–Kier alpha value is -1.00. The van der Waals surface area contributed by atoms with Gasteiger partial charge in [-0.25, -0.2) is 0 Å². The highest BCUT2D eigenvalue weighted by Gasteiger charge is 2.40. The van der Waals surface area contributed by atoms with Gasteiger partial charge in [-0.05, 0) is 13.3 Å². The first-order valence-electron chi connectivity index (χ1n) is 7.52. The summed E-state index contributed by atoms with van der Waals surface area (Å²) in [5.74, 6) is -0.865. The third kappa shape index (κ3) is 5.17. The van der Waals surface area contributed by atoms with Crippen molar-refractivity contribution in [2.45, 2.75) is 64.6 Å². The summed E-state index contributed by atoms with van der Waals surface area (Å²) >= 11 is 0. The summed E-state index contributed by atoms with van der Waals surface area (Å²) in [5.41, 5.74) is 0. The van der Waals surface area contributed by atoms with E-state index in [-0.39, 0.29) is 30.3 Å². The number of ketones is 2. The van der Waals surface area contributed by atoms with Crippen LogP contribution in [-0.4, -0.2) is 34.0 Å². The van der Waals surface area contributed by atoms with Gasteiger partial charge in [0, 0.05) is 24.7 Å². The quantitative estimate of drug-likeness (QED) is 0.527. The third-order valence-corrected chi connectivity index (χ3v) is 3.90. The van der Waals surface area contributed by atoms with Gasteiger partial charge >= 0.3 is 0 Å². The Bertz CT molecular complexity index is 361. The van der Waals surface area contributed by atoms with Gasteiger partial charge in [-0.3, -0.25) is 4.79 Å². The van der Waals surface area contributed by atoms with Gasteiger partial charge in [0.2, 0.25) is 0 Å². The van der Waals surface area contributed by atoms with Crippen LogP contribution >= 0.6 is 0 Å². The molecule has 20 heavy (non-hydrogen) atoms. The molecule has 0 spiro atoms. The zero-order valence-corrected chi connectivity index (χ0v) is 12.4. The van der Waals surface area contributed by atoms with E-state index in [9.17, 15) is 19.8 Å². The molecule has 0 aromatic rings. The second kappa shape index (κ2) is 8.32. The molecule has 0 heterocycles. The third-order valence-electron chi connectivity index (χ3n) is 3.90. The highest BCUT2D eigenvalue weighted by Crippen LogP contribution is 2.33. The van der Waals surface area contributed by atoms with Gasteiger partial charge in [-0.15, -0.1) is 0 Å². The van der Waals surface area contributed by atoms with Crippen LogP contribution in [0.25, 0.3) is 0 Å². The Kier molecular flexibility index (Phi) is 7.10. The molecule has 2 N–H and O–H groups in total. The van der Waals surface area contributed by atoms with Crippen molar-refractivity contribution in [3.8, 4) is 0 Å². The Morgan fingerprint density at radius 1 is 1.45 bits per heavy atom. The Balaban J connectivity index is 2.57. The molecule has 0 unspecified atom stereocenters. The molecule has 1 rings (SSSR count). The molecule has 0 aliphatic heterocycles. The smallest absolute Gasteiger partial charge is 0.139 e. The van der Waals surface area contributed by atoms with Crippen molar-refractivity contribution in [1.82, 2.24) is 0 Å². The van der Waals surface area contributed by atoms with Gasteiger partial charge < -0.3 is 15.0 Å². The number of aliphatic hydroxyl groups is 2. The number of rotatable bonds is 8. The first kappa shape index (κ1) is 17.1. The summed E-state index contributed by atoms with van der Waals surface area (Å²) in [7, 11) is 0. The van der Waals surface area contributed by atoms with E-state index in [1.807, 2.05) is 0 Å². The summed E-state index contributed by atoms with van der Waals surface area (Å²) < 4.78 is 0. The minimum Gasteiger partial charge on any atom is -0.392 e. The van der Waals surface area contributed by atoms with Crippen LogP contribution in [0.3, 0.4) is 0 Å². The zero-order valence-electron chi connectivity index (χ0n) is 12.4. The second-order valence-corrected chi connectivity index (χ2v) is 5.78. The van der Waals surface area contributed by atoms with Crippen molar-refractivity contribution in [3.63, 3.8) is 0 Å². The van der Waals surface area contributed by atoms with Crippen molar-refractivity contribution in [2.75, 3.05) is 0 Å². The molecule has 4 atom stereocenters. The van der Waals surface area contributed by atoms with Gasteiger partial charge in [0.05, 0.1) is 12.2 Å². The molecule has 1 fully saturated rings. The van der Waals surface area contributed by atoms with Crippen LogP contribution in [0.4, 0.5) is 0 Å². The lowest BCUT2D eigenvalue weighted by Gasteiger charge is -2.16. The van der Waals surface area contributed by atoms with E-state index in [1.54, 1.807) is 12.2 Å². The van der Waals surface area contributed by atoms with Crippen molar-refractivity contribution in [2.24, 2.45) is 11.8 Å². The summed E-state index contributed by atoms with van der Waals surface area (Å²) in [5, 5.41) is 19.7. The van der Waals surface area contributed by atoms with Crippen LogP contribution in [0.1, 0.15) is 52.4 Å². The number of hydrogen-bond donors (Lipinski definition) is 2. The van der Waals surface area contributed by atoms with Crippen molar-refractivity contribution < 1.29 is 19.8 Å². The van der Waals surface area contributed by atoms with Crippen LogP contribution in [-0.2, 0) is 9.59 Å². The monoisotopic (exact) mass is 282 g/mol. The predicted molar refractivity (Wildman–Crippen MR) is 77.2 cm³/mol. The van der Waals surface area contributed by atoms with Crippen LogP contribution in [0.5, 0.6) is 0 Å². The van der Waals surface area contributed by atoms with E-state index >= 15 is 0 Å². The molecular formula is C16H26O4. The van der Waals surface area contributed by atoms with Crippen LogP contribution < -0.4 is 0 Å². The lowest BCUT2D eigenvalue weighted by molar-refractivity contribution is -0.125. The van der Waals surface area contributed by atoms with E-state index in [2.05, 4.69) is 6.92 Å². The molecule has 0 aromatic heterocycles. The van der Waals surface area contributed by atoms with E-state index in [0.717, 1.165) is 19.3 Å². The Labute approximate surface area is 120 Å². The zero-order chi connectivity index (χ0) is 15.1. The Morgan fingerprint density at radius 2 is 2.15 bits per heavy atom. The van der Waals surface area contributed by atoms with Crippen molar-refractivity contribution >= 4 is 11.6 Å². The molecule has 1 aliphatic carbocycles. The first-order chi connectivity index (χ1) is 9.45. The van der Waals surface area contributed by atoms with Gasteiger partial charge in [0.1, 0.15) is 11.6 Å². The van der Waals surface area contributed by atoms with Gasteiger partial charge in [0.25, 0.3) is 0 Å². The average molecular weight is 282 g/mol. The number of unbranched alkanes of at least 4 members (excludes halogenated alkanes) is 2. The largest absolute Gasteiger partial charge is 0.392 e. The molecule has 4 nitrogen and oxygen atoms in total. The molecule has 4 heteroatoms. The number of aliphatic hydroxyl groups excluding tert-OH is 2. The lowest BCUT2D eigenvalue weighted by Crippen LogP contribution is -2.21. The van der Waals surface area contributed by atoms with Crippen LogP contribution in [0.2, 0.25) is 0 Å². The number of carbonyl (C=O) groups is 2. The minimum absolute atomic E-state index is 0.0423. The molecule has 114 valence electrons. The topological polar surface area (TPSA) is 74.6 Å². The summed E-state index contributed by atoms with van der Waals surface area (Å²) in [6, 6.07) is 0. The minimum atomic E-state index is -0.731. The molecule has 1 aliphatic rings. The fourth-order valence-electron chi connectivity index (χ4n) is 2.75. The van der Waals surface area contributed by atoms with E-state index in [4.69, 9.17) is 0 Å².